The molecule has 0 aromatic rings. The van der Waals surface area contributed by atoms with Crippen LogP contribution in [0.15, 0.2) is 16.9 Å². The topological polar surface area (TPSA) is 48.8 Å². The van der Waals surface area contributed by atoms with Crippen molar-refractivity contribution in [3.63, 3.8) is 0 Å². The summed E-state index contributed by atoms with van der Waals surface area (Å²) in [5, 5.41) is 3.26. The molecule has 0 saturated heterocycles. The van der Waals surface area contributed by atoms with Gasteiger partial charge in [0.25, 0.3) is 0 Å². The van der Waals surface area contributed by atoms with Crippen LogP contribution in [0, 0.1) is 0 Å². The normalized spacial score (nSPS) is 10.5. The minimum Gasteiger partial charge on any atom is -0.0713 e. The van der Waals surface area contributed by atoms with Crippen molar-refractivity contribution in [2.24, 2.45) is 5.11 Å². The van der Waals surface area contributed by atoms with Gasteiger partial charge in [-0.25, -0.2) is 0 Å². The maximum absolute atomic E-state index is 7.82. The molecular formula is C5H9N3. The molecule has 0 unspecified atom stereocenters. The second-order valence-corrected chi connectivity index (χ2v) is 1.53. The van der Waals surface area contributed by atoms with E-state index in [1.54, 1.807) is 0 Å². The number of azide groups is 1. The number of hydrogen-bond acceptors (Lipinski definition) is 1. The summed E-state index contributed by atoms with van der Waals surface area (Å²) in [6.45, 7) is 3.94. The second-order valence-electron chi connectivity index (χ2n) is 1.53. The van der Waals surface area contributed by atoms with Gasteiger partial charge in [-0.15, -0.1) is 0 Å². The zero-order valence-electron chi connectivity index (χ0n) is 5.13. The van der Waals surface area contributed by atoms with Crippen LogP contribution in [0.5, 0.6) is 0 Å². The molecule has 0 amide bonds. The van der Waals surface area contributed by atoms with E-state index < -0.39 is 0 Å². The number of allylic oxidation sites excluding steroid dienone is 1. The maximum Gasteiger partial charge on any atom is 0.00475 e. The summed E-state index contributed by atoms with van der Waals surface area (Å²) in [4.78, 5) is 2.57. The summed E-state index contributed by atoms with van der Waals surface area (Å²) in [5.74, 6) is 0. The summed E-state index contributed by atoms with van der Waals surface area (Å²) in [6, 6.07) is 0. The number of rotatable bonds is 2. The molecule has 44 valence electrons. The Bertz CT molecular complexity index is 131. The quantitative estimate of drug-likeness (QED) is 0.299. The molecule has 3 nitrogen and oxygen atoms in total. The van der Waals surface area contributed by atoms with Gasteiger partial charge >= 0.3 is 0 Å². The first kappa shape index (κ1) is 7.05. The van der Waals surface area contributed by atoms with E-state index in [9.17, 15) is 0 Å². The Kier molecular flexibility index (Phi) is 3.71. The lowest BCUT2D eigenvalue weighted by Crippen LogP contribution is -1.65. The van der Waals surface area contributed by atoms with E-state index in [2.05, 4.69) is 10.0 Å². The third-order valence-electron chi connectivity index (χ3n) is 0.887. The lowest BCUT2D eigenvalue weighted by Gasteiger charge is -1.85. The molecule has 0 N–H and O–H groups in total. The first-order valence-electron chi connectivity index (χ1n) is 2.51. The zero-order valence-corrected chi connectivity index (χ0v) is 5.13. The van der Waals surface area contributed by atoms with Crippen molar-refractivity contribution in [2.45, 2.75) is 20.3 Å². The number of nitrogens with zero attached hydrogens (tertiary/aromatic N) is 3. The Hall–Kier alpha value is -0.950. The summed E-state index contributed by atoms with van der Waals surface area (Å²) >= 11 is 0. The Morgan fingerprint density at radius 1 is 1.88 bits per heavy atom. The van der Waals surface area contributed by atoms with Crippen LogP contribution in [0.2, 0.25) is 0 Å². The standard InChI is InChI=1S/C5H9N3/c1-3-5(2)4-7-8-6/h4H,3H2,1-2H3. The first-order valence-corrected chi connectivity index (χ1v) is 2.51. The van der Waals surface area contributed by atoms with E-state index in [0.717, 1.165) is 12.0 Å². The van der Waals surface area contributed by atoms with Gasteiger partial charge in [-0.2, -0.15) is 0 Å². The van der Waals surface area contributed by atoms with Crippen LogP contribution in [0.25, 0.3) is 10.4 Å². The van der Waals surface area contributed by atoms with E-state index in [4.69, 9.17) is 5.53 Å². The number of hydrogen-bond donors (Lipinski definition) is 0. The van der Waals surface area contributed by atoms with E-state index in [-0.39, 0.29) is 0 Å². The molecule has 0 aromatic carbocycles. The molecule has 0 aliphatic heterocycles. The summed E-state index contributed by atoms with van der Waals surface area (Å²) in [6.07, 6.45) is 2.47. The van der Waals surface area contributed by atoms with Crippen LogP contribution >= 0.6 is 0 Å². The highest BCUT2D eigenvalue weighted by molar-refractivity contribution is 4.94. The lowest BCUT2D eigenvalue weighted by molar-refractivity contribution is 1.08. The van der Waals surface area contributed by atoms with Crippen molar-refractivity contribution in [1.82, 2.24) is 0 Å². The van der Waals surface area contributed by atoms with Gasteiger partial charge in [0.2, 0.25) is 0 Å². The molecule has 0 bridgehead atoms. The third kappa shape index (κ3) is 3.25. The van der Waals surface area contributed by atoms with Gasteiger partial charge in [0, 0.05) is 4.91 Å². The molecular weight excluding hydrogens is 102 g/mol. The monoisotopic (exact) mass is 111 g/mol. The third-order valence-corrected chi connectivity index (χ3v) is 0.887. The largest absolute Gasteiger partial charge is 0.0713 e. The molecule has 0 aliphatic carbocycles. The van der Waals surface area contributed by atoms with Crippen LogP contribution in [-0.2, 0) is 0 Å². The maximum atomic E-state index is 7.82. The molecule has 0 saturated carbocycles. The van der Waals surface area contributed by atoms with Gasteiger partial charge in [0.1, 0.15) is 0 Å². The van der Waals surface area contributed by atoms with Crippen molar-refractivity contribution < 1.29 is 0 Å². The molecule has 0 spiro atoms. The van der Waals surface area contributed by atoms with Crippen LogP contribution < -0.4 is 0 Å². The lowest BCUT2D eigenvalue weighted by atomic mass is 10.3. The first-order chi connectivity index (χ1) is 3.81. The van der Waals surface area contributed by atoms with Crippen molar-refractivity contribution >= 4 is 0 Å². The van der Waals surface area contributed by atoms with Gasteiger partial charge in [-0.1, -0.05) is 17.6 Å². The van der Waals surface area contributed by atoms with E-state index in [1.165, 1.54) is 6.20 Å². The van der Waals surface area contributed by atoms with Gasteiger partial charge in [0.05, 0.1) is 0 Å². The van der Waals surface area contributed by atoms with E-state index in [0.29, 0.717) is 0 Å². The van der Waals surface area contributed by atoms with E-state index in [1.807, 2.05) is 13.8 Å². The van der Waals surface area contributed by atoms with E-state index >= 15 is 0 Å². The van der Waals surface area contributed by atoms with Gasteiger partial charge in [-0.3, -0.25) is 0 Å². The van der Waals surface area contributed by atoms with Gasteiger partial charge in [-0.05, 0) is 25.1 Å². The predicted octanol–water partition coefficient (Wildman–Crippen LogP) is 2.61. The molecule has 3 heteroatoms. The Morgan fingerprint density at radius 3 is 2.88 bits per heavy atom. The highest BCUT2D eigenvalue weighted by atomic mass is 15.1. The molecule has 0 aromatic heterocycles. The smallest absolute Gasteiger partial charge is 0.00475 e. The highest BCUT2D eigenvalue weighted by Crippen LogP contribution is 1.96. The molecule has 0 aliphatic rings. The minimum atomic E-state index is 0.943. The molecule has 0 fully saturated rings. The molecule has 0 atom stereocenters. The molecule has 0 rings (SSSR count). The fraction of sp³-hybridized carbons (Fsp3) is 0.600. The highest BCUT2D eigenvalue weighted by Gasteiger charge is 1.76. The Morgan fingerprint density at radius 2 is 2.50 bits per heavy atom. The fourth-order valence-electron chi connectivity index (χ4n) is 0.216. The second kappa shape index (κ2) is 4.22. The molecule has 8 heavy (non-hydrogen) atoms. The van der Waals surface area contributed by atoms with Crippen molar-refractivity contribution in [3.8, 4) is 0 Å². The Balaban J connectivity index is 3.74. The fourth-order valence-corrected chi connectivity index (χ4v) is 0.216. The van der Waals surface area contributed by atoms with Crippen LogP contribution in [0.1, 0.15) is 20.3 Å². The van der Waals surface area contributed by atoms with Crippen molar-refractivity contribution in [1.29, 1.82) is 0 Å². The van der Waals surface area contributed by atoms with Crippen molar-refractivity contribution in [3.05, 3.63) is 22.2 Å². The Labute approximate surface area is 48.6 Å². The molecule has 0 heterocycles. The average Bonchev–Trinajstić information content (AvgIpc) is 1.83. The van der Waals surface area contributed by atoms with Crippen molar-refractivity contribution in [2.75, 3.05) is 0 Å². The SMILES string of the molecule is CCC(C)=CN=[N+]=[N-]. The van der Waals surface area contributed by atoms with Crippen LogP contribution in [-0.4, -0.2) is 0 Å². The zero-order chi connectivity index (χ0) is 6.41. The van der Waals surface area contributed by atoms with Gasteiger partial charge < -0.3 is 0 Å². The summed E-state index contributed by atoms with van der Waals surface area (Å²) in [7, 11) is 0. The minimum absolute atomic E-state index is 0.943. The van der Waals surface area contributed by atoms with Gasteiger partial charge in [0.15, 0.2) is 0 Å². The summed E-state index contributed by atoms with van der Waals surface area (Å²) < 4.78 is 0. The van der Waals surface area contributed by atoms with Crippen LogP contribution in [0.4, 0.5) is 0 Å². The molecule has 0 radical (unpaired) electrons. The average molecular weight is 111 g/mol. The summed E-state index contributed by atoms with van der Waals surface area (Å²) in [5.41, 5.74) is 8.92. The van der Waals surface area contributed by atoms with Crippen LogP contribution in [0.3, 0.4) is 0 Å². The predicted molar refractivity (Wildman–Crippen MR) is 33.2 cm³/mol.